The van der Waals surface area contributed by atoms with Crippen LogP contribution >= 0.6 is 11.6 Å². The Balaban J connectivity index is 1.94. The largest absolute Gasteiger partial charge is 0.416 e. The molecule has 2 nitrogen and oxygen atoms in total. The van der Waals surface area contributed by atoms with Crippen molar-refractivity contribution in [2.75, 3.05) is 25.5 Å². The number of hydrogen-bond donors (Lipinski definition) is 0. The summed E-state index contributed by atoms with van der Waals surface area (Å²) in [5.41, 5.74) is 3.81. The Bertz CT molecular complexity index is 1110. The van der Waals surface area contributed by atoms with Crippen molar-refractivity contribution < 1.29 is 13.2 Å². The maximum atomic E-state index is 12.9. The van der Waals surface area contributed by atoms with Gasteiger partial charge in [-0.05, 0) is 53.9 Å². The summed E-state index contributed by atoms with van der Waals surface area (Å²) in [6.07, 6.45) is -3.81. The second-order valence-corrected chi connectivity index (χ2v) is 8.73. The molecule has 0 spiro atoms. The number of anilines is 1. The number of alkyl halides is 3. The first kappa shape index (κ1) is 25.4. The summed E-state index contributed by atoms with van der Waals surface area (Å²) in [4.78, 5) is 4.05. The Morgan fingerprint density at radius 2 is 1.44 bits per heavy atom. The van der Waals surface area contributed by atoms with Crippen molar-refractivity contribution in [3.8, 4) is 0 Å². The Labute approximate surface area is 204 Å². The van der Waals surface area contributed by atoms with Gasteiger partial charge in [0.05, 0.1) is 11.5 Å². The molecule has 0 saturated carbocycles. The fourth-order valence-corrected chi connectivity index (χ4v) is 3.92. The molecule has 0 saturated heterocycles. The number of likely N-dealkylation sites (N-methyl/N-ethyl adjacent to an activating group) is 1. The van der Waals surface area contributed by atoms with Crippen LogP contribution < -0.4 is 4.90 Å². The first-order valence-corrected chi connectivity index (χ1v) is 11.2. The summed E-state index contributed by atoms with van der Waals surface area (Å²) in [7, 11) is 3.89. The molecule has 6 heteroatoms. The Morgan fingerprint density at radius 1 is 0.853 bits per heavy atom. The van der Waals surface area contributed by atoms with Gasteiger partial charge in [-0.1, -0.05) is 67.2 Å². The van der Waals surface area contributed by atoms with E-state index in [4.69, 9.17) is 11.6 Å². The zero-order valence-electron chi connectivity index (χ0n) is 19.3. The van der Waals surface area contributed by atoms with E-state index in [1.165, 1.54) is 12.1 Å². The highest BCUT2D eigenvalue weighted by Gasteiger charge is 2.30. The highest BCUT2D eigenvalue weighted by Crippen LogP contribution is 2.36. The third kappa shape index (κ3) is 6.23. The Kier molecular flexibility index (Phi) is 8.11. The first-order valence-electron chi connectivity index (χ1n) is 10.9. The lowest BCUT2D eigenvalue weighted by Crippen LogP contribution is -2.31. The molecule has 178 valence electrons. The molecule has 0 amide bonds. The van der Waals surface area contributed by atoms with Crippen molar-refractivity contribution in [3.63, 3.8) is 0 Å². The normalized spacial score (nSPS) is 12.2. The van der Waals surface area contributed by atoms with Crippen LogP contribution in [0, 0.1) is 0 Å². The third-order valence-electron chi connectivity index (χ3n) is 5.76. The van der Waals surface area contributed by atoms with Crippen LogP contribution in [0.3, 0.4) is 0 Å². The molecule has 0 N–H and O–H groups in total. The monoisotopic (exact) mass is 484 g/mol. The third-order valence-corrected chi connectivity index (χ3v) is 6.02. The van der Waals surface area contributed by atoms with E-state index in [0.717, 1.165) is 40.3 Å². The summed E-state index contributed by atoms with van der Waals surface area (Å²) in [6.45, 7) is 9.28. The summed E-state index contributed by atoms with van der Waals surface area (Å²) in [6, 6.07) is 22.8. The van der Waals surface area contributed by atoms with Gasteiger partial charge in [0.1, 0.15) is 0 Å². The van der Waals surface area contributed by atoms with Gasteiger partial charge in [-0.25, -0.2) is 0 Å². The van der Waals surface area contributed by atoms with E-state index in [-0.39, 0.29) is 5.92 Å². The minimum absolute atomic E-state index is 0.181. The number of benzene rings is 3. The molecule has 3 aromatic carbocycles. The molecule has 3 rings (SSSR count). The molecule has 3 aromatic rings. The number of nitrogens with zero attached hydrogens (tertiary/aromatic N) is 2. The zero-order chi connectivity index (χ0) is 24.9. The molecular formula is C28H28ClF3N2. The molecule has 0 fully saturated rings. The van der Waals surface area contributed by atoms with Crippen LogP contribution in [0.4, 0.5) is 18.9 Å². The SMILES string of the molecule is C=C(C(C(=C)N(CCc1ccc(C(F)(F)F)cc1)c1ccc(Cl)cc1)c1ccccc1)N(C)C. The van der Waals surface area contributed by atoms with Crippen molar-refractivity contribution >= 4 is 17.3 Å². The lowest BCUT2D eigenvalue weighted by molar-refractivity contribution is -0.137. The van der Waals surface area contributed by atoms with Crippen molar-refractivity contribution in [2.24, 2.45) is 0 Å². The molecule has 0 heterocycles. The van der Waals surface area contributed by atoms with Crippen molar-refractivity contribution in [1.29, 1.82) is 0 Å². The van der Waals surface area contributed by atoms with Gasteiger partial charge in [0, 0.05) is 42.7 Å². The van der Waals surface area contributed by atoms with Crippen LogP contribution in [0.5, 0.6) is 0 Å². The van der Waals surface area contributed by atoms with Gasteiger partial charge in [0.15, 0.2) is 0 Å². The molecule has 0 aromatic heterocycles. The molecule has 0 aliphatic heterocycles. The molecular weight excluding hydrogens is 457 g/mol. The quantitative estimate of drug-likeness (QED) is 0.306. The second-order valence-electron chi connectivity index (χ2n) is 8.29. The van der Waals surface area contributed by atoms with Crippen LogP contribution in [-0.2, 0) is 12.6 Å². The summed E-state index contributed by atoms with van der Waals surface area (Å²) >= 11 is 6.12. The zero-order valence-corrected chi connectivity index (χ0v) is 20.1. The summed E-state index contributed by atoms with van der Waals surface area (Å²) in [5, 5.41) is 0.620. The lowest BCUT2D eigenvalue weighted by Gasteiger charge is -2.35. The Hall–Kier alpha value is -3.18. The smallest absolute Gasteiger partial charge is 0.381 e. The van der Waals surface area contributed by atoms with Crippen molar-refractivity contribution in [1.82, 2.24) is 4.90 Å². The minimum atomic E-state index is -4.35. The average molecular weight is 485 g/mol. The highest BCUT2D eigenvalue weighted by atomic mass is 35.5. The van der Waals surface area contributed by atoms with Crippen molar-refractivity contribution in [3.05, 3.63) is 125 Å². The second kappa shape index (κ2) is 10.8. The van der Waals surface area contributed by atoms with Gasteiger partial charge in [-0.2, -0.15) is 13.2 Å². The van der Waals surface area contributed by atoms with Crippen LogP contribution in [0.15, 0.2) is 103 Å². The van der Waals surface area contributed by atoms with Crippen LogP contribution in [0.1, 0.15) is 22.6 Å². The van der Waals surface area contributed by atoms with E-state index in [1.54, 1.807) is 0 Å². The van der Waals surface area contributed by atoms with E-state index in [9.17, 15) is 13.2 Å². The average Bonchev–Trinajstić information content (AvgIpc) is 2.81. The van der Waals surface area contributed by atoms with E-state index in [2.05, 4.69) is 18.1 Å². The van der Waals surface area contributed by atoms with Gasteiger partial charge in [0.25, 0.3) is 0 Å². The van der Waals surface area contributed by atoms with E-state index in [0.29, 0.717) is 18.0 Å². The van der Waals surface area contributed by atoms with Crippen LogP contribution in [0.25, 0.3) is 0 Å². The molecule has 0 aliphatic rings. The standard InChI is InChI=1S/C28H28ClF3N2/c1-20(33(3)4)27(23-8-6-5-7-9-23)21(2)34(26-16-14-25(29)15-17-26)19-18-22-10-12-24(13-11-22)28(30,31)32/h5-17,27H,1-2,18-19H2,3-4H3. The van der Waals surface area contributed by atoms with Crippen molar-refractivity contribution in [2.45, 2.75) is 18.5 Å². The van der Waals surface area contributed by atoms with Gasteiger partial charge in [-0.15, -0.1) is 0 Å². The molecule has 1 atom stereocenters. The van der Waals surface area contributed by atoms with Gasteiger partial charge < -0.3 is 9.80 Å². The molecule has 1 unspecified atom stereocenters. The Morgan fingerprint density at radius 3 is 1.97 bits per heavy atom. The van der Waals surface area contributed by atoms with Gasteiger partial charge in [-0.3, -0.25) is 0 Å². The minimum Gasteiger partial charge on any atom is -0.381 e. The molecule has 0 bridgehead atoms. The lowest BCUT2D eigenvalue weighted by atomic mass is 9.91. The van der Waals surface area contributed by atoms with E-state index in [1.807, 2.05) is 73.6 Å². The van der Waals surface area contributed by atoms with Crippen LogP contribution in [-0.4, -0.2) is 25.5 Å². The number of hydrogen-bond acceptors (Lipinski definition) is 2. The van der Waals surface area contributed by atoms with E-state index < -0.39 is 11.7 Å². The van der Waals surface area contributed by atoms with Crippen LogP contribution in [0.2, 0.25) is 5.02 Å². The summed E-state index contributed by atoms with van der Waals surface area (Å²) < 4.78 is 38.8. The number of rotatable bonds is 9. The summed E-state index contributed by atoms with van der Waals surface area (Å²) in [5.74, 6) is -0.181. The maximum absolute atomic E-state index is 12.9. The van der Waals surface area contributed by atoms with Gasteiger partial charge >= 0.3 is 6.18 Å². The van der Waals surface area contributed by atoms with Gasteiger partial charge in [0.2, 0.25) is 0 Å². The molecule has 0 radical (unpaired) electrons. The predicted molar refractivity (Wildman–Crippen MR) is 135 cm³/mol. The fraction of sp³-hybridized carbons (Fsp3) is 0.214. The van der Waals surface area contributed by atoms with E-state index >= 15 is 0 Å². The topological polar surface area (TPSA) is 6.48 Å². The number of halogens is 4. The highest BCUT2D eigenvalue weighted by molar-refractivity contribution is 6.30. The molecule has 34 heavy (non-hydrogen) atoms. The molecule has 0 aliphatic carbocycles. The first-order chi connectivity index (χ1) is 16.1. The fourth-order valence-electron chi connectivity index (χ4n) is 3.80. The predicted octanol–water partition coefficient (Wildman–Crippen LogP) is 7.78. The maximum Gasteiger partial charge on any atom is 0.416 e.